The maximum atomic E-state index is 12.7. The van der Waals surface area contributed by atoms with Crippen LogP contribution in [0.3, 0.4) is 0 Å². The van der Waals surface area contributed by atoms with Gasteiger partial charge in [-0.25, -0.2) is 9.78 Å². The zero-order chi connectivity index (χ0) is 18.8. The highest BCUT2D eigenvalue weighted by atomic mass is 16.5. The van der Waals surface area contributed by atoms with Crippen molar-refractivity contribution in [3.05, 3.63) is 35.8 Å². The first-order chi connectivity index (χ1) is 13.1. The number of fused-ring (bicyclic) bond motifs is 1. The predicted molar refractivity (Wildman–Crippen MR) is 95.1 cm³/mol. The lowest BCUT2D eigenvalue weighted by atomic mass is 10.0. The Morgan fingerprint density at radius 1 is 1.37 bits per heavy atom. The quantitative estimate of drug-likeness (QED) is 0.751. The van der Waals surface area contributed by atoms with Gasteiger partial charge in [0.2, 0.25) is 11.8 Å². The van der Waals surface area contributed by atoms with E-state index in [9.17, 15) is 4.79 Å². The molecular formula is C18H21N5O4. The zero-order valence-electron chi connectivity index (χ0n) is 15.3. The summed E-state index contributed by atoms with van der Waals surface area (Å²) in [6.07, 6.45) is 2.76. The van der Waals surface area contributed by atoms with E-state index in [2.05, 4.69) is 20.4 Å². The minimum atomic E-state index is -0.201. The highest BCUT2D eigenvalue weighted by Gasteiger charge is 2.32. The molecule has 0 bridgehead atoms. The monoisotopic (exact) mass is 371 g/mol. The summed E-state index contributed by atoms with van der Waals surface area (Å²) >= 11 is 0. The maximum Gasteiger partial charge on any atom is 0.318 e. The molecular weight excluding hydrogens is 350 g/mol. The summed E-state index contributed by atoms with van der Waals surface area (Å²) in [5.74, 6) is 2.19. The molecule has 1 aliphatic rings. The van der Waals surface area contributed by atoms with Gasteiger partial charge in [-0.05, 0) is 38.3 Å². The summed E-state index contributed by atoms with van der Waals surface area (Å²) in [7, 11) is 1.60. The van der Waals surface area contributed by atoms with Crippen LogP contribution in [-0.2, 0) is 6.54 Å². The number of benzene rings is 1. The van der Waals surface area contributed by atoms with Crippen molar-refractivity contribution in [3.63, 3.8) is 0 Å². The molecule has 2 aromatic heterocycles. The number of ether oxygens (including phenoxy) is 1. The fourth-order valence-corrected chi connectivity index (χ4v) is 3.29. The van der Waals surface area contributed by atoms with Crippen molar-refractivity contribution < 1.29 is 18.5 Å². The lowest BCUT2D eigenvalue weighted by Gasteiger charge is -2.33. The summed E-state index contributed by atoms with van der Waals surface area (Å²) in [5, 5.41) is 6.71. The van der Waals surface area contributed by atoms with Crippen LogP contribution in [-0.4, -0.2) is 39.7 Å². The molecule has 1 N–H and O–H groups in total. The molecule has 2 amide bonds. The average molecular weight is 371 g/mol. The molecule has 0 saturated carbocycles. The predicted octanol–water partition coefficient (Wildman–Crippen LogP) is 2.96. The third-order valence-electron chi connectivity index (χ3n) is 4.62. The first kappa shape index (κ1) is 17.3. The lowest BCUT2D eigenvalue weighted by molar-refractivity contribution is 0.131. The Labute approximate surface area is 155 Å². The van der Waals surface area contributed by atoms with E-state index in [1.165, 1.54) is 0 Å². The van der Waals surface area contributed by atoms with Crippen molar-refractivity contribution in [2.75, 3.05) is 13.7 Å². The molecule has 1 aromatic carbocycles. The number of aryl methyl sites for hydroxylation is 1. The van der Waals surface area contributed by atoms with Gasteiger partial charge in [-0.15, -0.1) is 0 Å². The number of amides is 2. The van der Waals surface area contributed by atoms with Gasteiger partial charge in [0.05, 0.1) is 13.7 Å². The van der Waals surface area contributed by atoms with Crippen LogP contribution in [0, 0.1) is 6.92 Å². The van der Waals surface area contributed by atoms with E-state index in [0.717, 1.165) is 19.3 Å². The minimum absolute atomic E-state index is 0.196. The molecule has 0 spiro atoms. The van der Waals surface area contributed by atoms with Crippen LogP contribution in [0.15, 0.2) is 27.1 Å². The van der Waals surface area contributed by atoms with E-state index >= 15 is 0 Å². The second kappa shape index (κ2) is 7.26. The highest BCUT2D eigenvalue weighted by Crippen LogP contribution is 2.30. The van der Waals surface area contributed by atoms with Crippen molar-refractivity contribution in [3.8, 4) is 5.75 Å². The smallest absolute Gasteiger partial charge is 0.318 e. The van der Waals surface area contributed by atoms with Crippen LogP contribution >= 0.6 is 0 Å². The molecule has 1 saturated heterocycles. The van der Waals surface area contributed by atoms with Gasteiger partial charge in [-0.2, -0.15) is 4.98 Å². The Balaban J connectivity index is 1.44. The molecule has 9 heteroatoms. The largest absolute Gasteiger partial charge is 0.497 e. The van der Waals surface area contributed by atoms with Crippen molar-refractivity contribution >= 4 is 17.1 Å². The second-order valence-corrected chi connectivity index (χ2v) is 6.48. The third-order valence-corrected chi connectivity index (χ3v) is 4.62. The standard InChI is InChI=1S/C18H21N5O4/c1-11-20-17(27-22-11)14-5-3-4-8-23(14)18(24)19-10-16-21-13-9-12(25-2)6-7-15(13)26-16/h6-7,9,14H,3-5,8,10H2,1-2H3,(H,19,24)/t14-/m1/s1. The molecule has 9 nitrogen and oxygen atoms in total. The first-order valence-electron chi connectivity index (χ1n) is 8.92. The SMILES string of the molecule is COc1ccc2oc(CNC(=O)N3CCCC[C@@H]3c3nc(C)no3)nc2c1. The number of nitrogens with zero attached hydrogens (tertiary/aromatic N) is 4. The molecule has 27 heavy (non-hydrogen) atoms. The number of nitrogens with one attached hydrogen (secondary N) is 1. The summed E-state index contributed by atoms with van der Waals surface area (Å²) < 4.78 is 16.1. The van der Waals surface area contributed by atoms with Crippen LogP contribution in [0.25, 0.3) is 11.1 Å². The number of piperidine rings is 1. The highest BCUT2D eigenvalue weighted by molar-refractivity contribution is 5.76. The van der Waals surface area contributed by atoms with Crippen LogP contribution < -0.4 is 10.1 Å². The zero-order valence-corrected chi connectivity index (χ0v) is 15.3. The number of hydrogen-bond acceptors (Lipinski definition) is 7. The Hall–Kier alpha value is -3.10. The number of urea groups is 1. The van der Waals surface area contributed by atoms with E-state index in [-0.39, 0.29) is 18.6 Å². The fraction of sp³-hybridized carbons (Fsp3) is 0.444. The van der Waals surface area contributed by atoms with E-state index < -0.39 is 0 Å². The average Bonchev–Trinajstić information content (AvgIpc) is 3.31. The van der Waals surface area contributed by atoms with Gasteiger partial charge in [-0.1, -0.05) is 5.16 Å². The topological polar surface area (TPSA) is 107 Å². The number of aromatic nitrogens is 3. The molecule has 0 unspecified atom stereocenters. The van der Waals surface area contributed by atoms with Gasteiger partial charge in [0.25, 0.3) is 0 Å². The third kappa shape index (κ3) is 3.57. The van der Waals surface area contributed by atoms with Gasteiger partial charge in [-0.3, -0.25) is 0 Å². The van der Waals surface area contributed by atoms with E-state index in [4.69, 9.17) is 13.7 Å². The molecule has 1 atom stereocenters. The van der Waals surface area contributed by atoms with Crippen LogP contribution in [0.2, 0.25) is 0 Å². The van der Waals surface area contributed by atoms with Crippen LogP contribution in [0.4, 0.5) is 4.79 Å². The Morgan fingerprint density at radius 2 is 2.26 bits per heavy atom. The number of carbonyl (C=O) groups is 1. The number of hydrogen-bond donors (Lipinski definition) is 1. The number of rotatable bonds is 4. The van der Waals surface area contributed by atoms with Crippen molar-refractivity contribution in [2.24, 2.45) is 0 Å². The molecule has 3 aromatic rings. The minimum Gasteiger partial charge on any atom is -0.497 e. The maximum absolute atomic E-state index is 12.7. The van der Waals surface area contributed by atoms with E-state index in [1.807, 2.05) is 0 Å². The van der Waals surface area contributed by atoms with Crippen LogP contribution in [0.5, 0.6) is 5.75 Å². The summed E-state index contributed by atoms with van der Waals surface area (Å²) in [6.45, 7) is 2.60. The van der Waals surface area contributed by atoms with Gasteiger partial charge < -0.3 is 23.9 Å². The molecule has 1 fully saturated rings. The molecule has 1 aliphatic heterocycles. The first-order valence-corrected chi connectivity index (χ1v) is 8.92. The van der Waals surface area contributed by atoms with Crippen LogP contribution in [0.1, 0.15) is 42.9 Å². The number of likely N-dealkylation sites (tertiary alicyclic amines) is 1. The van der Waals surface area contributed by atoms with E-state index in [1.54, 1.807) is 37.1 Å². The Kier molecular flexibility index (Phi) is 4.66. The van der Waals surface area contributed by atoms with Crippen molar-refractivity contribution in [1.82, 2.24) is 25.3 Å². The molecule has 3 heterocycles. The normalized spacial score (nSPS) is 17.3. The van der Waals surface area contributed by atoms with Gasteiger partial charge in [0, 0.05) is 12.6 Å². The summed E-state index contributed by atoms with van der Waals surface area (Å²) in [6, 6.07) is 5.00. The van der Waals surface area contributed by atoms with Crippen molar-refractivity contribution in [1.29, 1.82) is 0 Å². The molecule has 0 aliphatic carbocycles. The number of oxazole rings is 1. The van der Waals surface area contributed by atoms with Gasteiger partial charge in [0.1, 0.15) is 17.3 Å². The van der Waals surface area contributed by atoms with E-state index in [0.29, 0.717) is 41.0 Å². The summed E-state index contributed by atoms with van der Waals surface area (Å²) in [5.41, 5.74) is 1.34. The Bertz CT molecular complexity index is 950. The van der Waals surface area contributed by atoms with Gasteiger partial charge in [0.15, 0.2) is 11.4 Å². The molecule has 142 valence electrons. The molecule has 0 radical (unpaired) electrons. The summed E-state index contributed by atoms with van der Waals surface area (Å²) in [4.78, 5) is 23.1. The van der Waals surface area contributed by atoms with Gasteiger partial charge >= 0.3 is 6.03 Å². The van der Waals surface area contributed by atoms with Crippen molar-refractivity contribution in [2.45, 2.75) is 38.8 Å². The Morgan fingerprint density at radius 3 is 3.04 bits per heavy atom. The fourth-order valence-electron chi connectivity index (χ4n) is 3.29. The molecule has 4 rings (SSSR count). The number of carbonyl (C=O) groups excluding carboxylic acids is 1. The lowest BCUT2D eigenvalue weighted by Crippen LogP contribution is -2.44. The second-order valence-electron chi connectivity index (χ2n) is 6.48. The number of methoxy groups -OCH3 is 1.